The minimum Gasteiger partial charge on any atom is -0.354 e. The standard InChI is InChI=1S/C13H17N3/c1-10-7-12(8-14)9-15-13(10)16-6-4-3-5-11(16)2/h7,9,11H,3-6H2,1-2H3. The van der Waals surface area contributed by atoms with Gasteiger partial charge in [-0.1, -0.05) is 0 Å². The maximum absolute atomic E-state index is 8.81. The Hall–Kier alpha value is -1.56. The number of aromatic nitrogens is 1. The Labute approximate surface area is 96.7 Å². The van der Waals surface area contributed by atoms with E-state index in [2.05, 4.69) is 22.9 Å². The van der Waals surface area contributed by atoms with Crippen molar-refractivity contribution >= 4 is 5.82 Å². The molecule has 0 radical (unpaired) electrons. The van der Waals surface area contributed by atoms with Crippen LogP contribution in [0.5, 0.6) is 0 Å². The molecule has 0 spiro atoms. The number of nitriles is 1. The molecule has 1 aromatic heterocycles. The average Bonchev–Trinajstić information content (AvgIpc) is 2.30. The van der Waals surface area contributed by atoms with Gasteiger partial charge in [-0.15, -0.1) is 0 Å². The zero-order chi connectivity index (χ0) is 11.5. The van der Waals surface area contributed by atoms with Crippen molar-refractivity contribution in [1.29, 1.82) is 5.26 Å². The van der Waals surface area contributed by atoms with E-state index < -0.39 is 0 Å². The van der Waals surface area contributed by atoms with E-state index in [1.165, 1.54) is 19.3 Å². The van der Waals surface area contributed by atoms with Crippen LogP contribution >= 0.6 is 0 Å². The fourth-order valence-corrected chi connectivity index (χ4v) is 2.34. The van der Waals surface area contributed by atoms with E-state index in [4.69, 9.17) is 5.26 Å². The van der Waals surface area contributed by atoms with Crippen molar-refractivity contribution in [2.45, 2.75) is 39.2 Å². The highest BCUT2D eigenvalue weighted by molar-refractivity contribution is 5.50. The van der Waals surface area contributed by atoms with E-state index in [0.717, 1.165) is 17.9 Å². The third-order valence-corrected chi connectivity index (χ3v) is 3.25. The van der Waals surface area contributed by atoms with Gasteiger partial charge in [-0.3, -0.25) is 0 Å². The zero-order valence-corrected chi connectivity index (χ0v) is 9.90. The van der Waals surface area contributed by atoms with Crippen LogP contribution in [0.25, 0.3) is 0 Å². The van der Waals surface area contributed by atoms with Crippen molar-refractivity contribution in [1.82, 2.24) is 4.98 Å². The molecule has 0 N–H and O–H groups in total. The smallest absolute Gasteiger partial charge is 0.131 e. The molecule has 1 atom stereocenters. The van der Waals surface area contributed by atoms with E-state index >= 15 is 0 Å². The van der Waals surface area contributed by atoms with Gasteiger partial charge in [0.1, 0.15) is 11.9 Å². The predicted octanol–water partition coefficient (Wildman–Crippen LogP) is 2.64. The highest BCUT2D eigenvalue weighted by Crippen LogP contribution is 2.25. The summed E-state index contributed by atoms with van der Waals surface area (Å²) >= 11 is 0. The second-order valence-electron chi connectivity index (χ2n) is 4.51. The number of hydrogen-bond donors (Lipinski definition) is 0. The maximum Gasteiger partial charge on any atom is 0.131 e. The molecular formula is C13H17N3. The Bertz CT molecular complexity index is 420. The molecule has 0 saturated carbocycles. The Morgan fingerprint density at radius 1 is 1.50 bits per heavy atom. The van der Waals surface area contributed by atoms with Crippen LogP contribution in [-0.4, -0.2) is 17.6 Å². The highest BCUT2D eigenvalue weighted by atomic mass is 15.2. The monoisotopic (exact) mass is 215 g/mol. The normalized spacial score (nSPS) is 20.6. The number of nitrogens with zero attached hydrogens (tertiary/aromatic N) is 3. The SMILES string of the molecule is Cc1cc(C#N)cnc1N1CCCCC1C. The molecule has 1 aromatic rings. The number of pyridine rings is 1. The zero-order valence-electron chi connectivity index (χ0n) is 9.90. The predicted molar refractivity (Wildman–Crippen MR) is 64.3 cm³/mol. The van der Waals surface area contributed by atoms with Crippen LogP contribution < -0.4 is 4.90 Å². The van der Waals surface area contributed by atoms with Gasteiger partial charge in [0.2, 0.25) is 0 Å². The first-order chi connectivity index (χ1) is 7.72. The third-order valence-electron chi connectivity index (χ3n) is 3.25. The van der Waals surface area contributed by atoms with Gasteiger partial charge in [0.25, 0.3) is 0 Å². The minimum atomic E-state index is 0.563. The molecule has 1 aliphatic heterocycles. The van der Waals surface area contributed by atoms with Crippen LogP contribution in [0.1, 0.15) is 37.3 Å². The van der Waals surface area contributed by atoms with E-state index in [-0.39, 0.29) is 0 Å². The van der Waals surface area contributed by atoms with Crippen LogP contribution in [-0.2, 0) is 0 Å². The van der Waals surface area contributed by atoms with Gasteiger partial charge in [0.15, 0.2) is 0 Å². The minimum absolute atomic E-state index is 0.563. The Morgan fingerprint density at radius 3 is 2.94 bits per heavy atom. The van der Waals surface area contributed by atoms with Gasteiger partial charge in [0.05, 0.1) is 5.56 Å². The number of aryl methyl sites for hydroxylation is 1. The summed E-state index contributed by atoms with van der Waals surface area (Å²) in [6.07, 6.45) is 5.46. The molecule has 1 fully saturated rings. The van der Waals surface area contributed by atoms with Crippen molar-refractivity contribution in [2.24, 2.45) is 0 Å². The first kappa shape index (κ1) is 10.9. The van der Waals surface area contributed by atoms with Gasteiger partial charge in [-0.05, 0) is 44.7 Å². The van der Waals surface area contributed by atoms with Crippen molar-refractivity contribution < 1.29 is 0 Å². The van der Waals surface area contributed by atoms with Crippen LogP contribution in [0.2, 0.25) is 0 Å². The van der Waals surface area contributed by atoms with Crippen molar-refractivity contribution in [3.8, 4) is 6.07 Å². The molecule has 2 rings (SSSR count). The van der Waals surface area contributed by atoms with Crippen LogP contribution in [0.3, 0.4) is 0 Å². The highest BCUT2D eigenvalue weighted by Gasteiger charge is 2.20. The Balaban J connectivity index is 2.29. The van der Waals surface area contributed by atoms with Gasteiger partial charge in [0, 0.05) is 18.8 Å². The number of hydrogen-bond acceptors (Lipinski definition) is 3. The second kappa shape index (κ2) is 4.52. The summed E-state index contributed by atoms with van der Waals surface area (Å²) in [7, 11) is 0. The Morgan fingerprint density at radius 2 is 2.31 bits per heavy atom. The molecule has 1 unspecified atom stereocenters. The molecule has 0 aliphatic carbocycles. The molecule has 0 amide bonds. The quantitative estimate of drug-likeness (QED) is 0.723. The molecule has 0 bridgehead atoms. The molecule has 1 saturated heterocycles. The average molecular weight is 215 g/mol. The summed E-state index contributed by atoms with van der Waals surface area (Å²) in [5.41, 5.74) is 1.75. The lowest BCUT2D eigenvalue weighted by molar-refractivity contribution is 0.480. The van der Waals surface area contributed by atoms with E-state index in [9.17, 15) is 0 Å². The van der Waals surface area contributed by atoms with Gasteiger partial charge < -0.3 is 4.90 Å². The van der Waals surface area contributed by atoms with Crippen molar-refractivity contribution in [2.75, 3.05) is 11.4 Å². The summed E-state index contributed by atoms with van der Waals surface area (Å²) in [6, 6.07) is 4.61. The van der Waals surface area contributed by atoms with E-state index in [1.807, 2.05) is 13.0 Å². The number of piperidine rings is 1. The lowest BCUT2D eigenvalue weighted by Crippen LogP contribution is -2.38. The van der Waals surface area contributed by atoms with Crippen molar-refractivity contribution in [3.05, 3.63) is 23.4 Å². The van der Waals surface area contributed by atoms with E-state index in [0.29, 0.717) is 11.6 Å². The fraction of sp³-hybridized carbons (Fsp3) is 0.538. The van der Waals surface area contributed by atoms with Gasteiger partial charge in [-0.25, -0.2) is 4.98 Å². The molecule has 3 heteroatoms. The molecule has 84 valence electrons. The maximum atomic E-state index is 8.81. The molecule has 0 aromatic carbocycles. The van der Waals surface area contributed by atoms with Crippen LogP contribution in [0.15, 0.2) is 12.3 Å². The topological polar surface area (TPSA) is 39.9 Å². The van der Waals surface area contributed by atoms with Crippen molar-refractivity contribution in [3.63, 3.8) is 0 Å². The molecule has 1 aliphatic rings. The first-order valence-electron chi connectivity index (χ1n) is 5.86. The lowest BCUT2D eigenvalue weighted by atomic mass is 10.0. The van der Waals surface area contributed by atoms with Gasteiger partial charge >= 0.3 is 0 Å². The summed E-state index contributed by atoms with van der Waals surface area (Å²) < 4.78 is 0. The molecule has 2 heterocycles. The molecule has 3 nitrogen and oxygen atoms in total. The Kier molecular flexibility index (Phi) is 3.09. The molecule has 16 heavy (non-hydrogen) atoms. The van der Waals surface area contributed by atoms with Crippen LogP contribution in [0, 0.1) is 18.3 Å². The summed E-state index contributed by atoms with van der Waals surface area (Å²) in [4.78, 5) is 6.79. The fourth-order valence-electron chi connectivity index (χ4n) is 2.34. The summed E-state index contributed by atoms with van der Waals surface area (Å²) in [5.74, 6) is 1.05. The van der Waals surface area contributed by atoms with Gasteiger partial charge in [-0.2, -0.15) is 5.26 Å². The summed E-state index contributed by atoms with van der Waals surface area (Å²) in [5, 5.41) is 8.81. The molecular weight excluding hydrogens is 198 g/mol. The van der Waals surface area contributed by atoms with Crippen LogP contribution in [0.4, 0.5) is 5.82 Å². The number of anilines is 1. The summed E-state index contributed by atoms with van der Waals surface area (Å²) in [6.45, 7) is 5.36. The first-order valence-corrected chi connectivity index (χ1v) is 5.86. The third kappa shape index (κ3) is 2.01. The van der Waals surface area contributed by atoms with E-state index in [1.54, 1.807) is 6.20 Å². The largest absolute Gasteiger partial charge is 0.354 e. The lowest BCUT2D eigenvalue weighted by Gasteiger charge is -2.35. The second-order valence-corrected chi connectivity index (χ2v) is 4.51. The number of rotatable bonds is 1.